The molecular formula is C34H29NOP. The van der Waals surface area contributed by atoms with Gasteiger partial charge in [-0.05, 0) is 48.9 Å². The maximum absolute atomic E-state index is 6.48. The molecule has 1 aliphatic heterocycles. The molecule has 37 heavy (non-hydrogen) atoms. The molecule has 4 aromatic rings. The summed E-state index contributed by atoms with van der Waals surface area (Å²) in [5, 5.41) is 2.66. The largest absolute Gasteiger partial charge is 0.478 e. The standard InChI is InChI=1S/C34H29NOP/c1-5-14-27(15-6-1)24-34(25-28-16-7-2-8-17-28)26-36-33(35-34)31-22-13-23-32(31)37(29-18-9-3-10-19-29)30-20-11-4-12-21-30/h1-23H,24-26H2. The highest BCUT2D eigenvalue weighted by Crippen LogP contribution is 2.57. The molecule has 0 saturated heterocycles. The van der Waals surface area contributed by atoms with Crippen LogP contribution < -0.4 is 10.6 Å². The van der Waals surface area contributed by atoms with Gasteiger partial charge >= 0.3 is 0 Å². The molecule has 0 spiro atoms. The van der Waals surface area contributed by atoms with Gasteiger partial charge in [0.1, 0.15) is 12.1 Å². The zero-order chi connectivity index (χ0) is 24.9. The van der Waals surface area contributed by atoms with E-state index in [0.717, 1.165) is 24.7 Å². The first-order chi connectivity index (χ1) is 18.3. The van der Waals surface area contributed by atoms with E-state index in [2.05, 4.69) is 141 Å². The van der Waals surface area contributed by atoms with Gasteiger partial charge in [0, 0.05) is 18.5 Å². The fourth-order valence-electron chi connectivity index (χ4n) is 5.18. The smallest absolute Gasteiger partial charge is 0.192 e. The first-order valence-corrected chi connectivity index (χ1v) is 14.1. The molecule has 181 valence electrons. The Hall–Kier alpha value is -3.22. The molecule has 6 rings (SSSR count). The molecule has 3 heteroatoms. The van der Waals surface area contributed by atoms with Gasteiger partial charge in [-0.2, -0.15) is 0 Å². The molecular weight excluding hydrogens is 469 g/mol. The molecule has 0 unspecified atom stereocenters. The third-order valence-electron chi connectivity index (χ3n) is 6.86. The van der Waals surface area contributed by atoms with Crippen LogP contribution in [0.5, 0.6) is 0 Å². The molecule has 5 radical (unpaired) electrons. The first-order valence-electron chi connectivity index (χ1n) is 12.8. The zero-order valence-electron chi connectivity index (χ0n) is 20.7. The number of hydrogen-bond donors (Lipinski definition) is 0. The summed E-state index contributed by atoms with van der Waals surface area (Å²) >= 11 is 0. The predicted molar refractivity (Wildman–Crippen MR) is 155 cm³/mol. The van der Waals surface area contributed by atoms with E-state index in [0.29, 0.717) is 6.61 Å². The molecule has 0 bridgehead atoms. The van der Waals surface area contributed by atoms with E-state index in [9.17, 15) is 0 Å². The minimum Gasteiger partial charge on any atom is -0.478 e. The fraction of sp³-hybridized carbons (Fsp3) is 0.118. The van der Waals surface area contributed by atoms with Crippen LogP contribution in [-0.2, 0) is 17.6 Å². The lowest BCUT2D eigenvalue weighted by atomic mass is 9.86. The lowest BCUT2D eigenvalue weighted by Gasteiger charge is -2.28. The first kappa shape index (κ1) is 24.1. The summed E-state index contributed by atoms with van der Waals surface area (Å²) in [6.07, 6.45) is 8.26. The van der Waals surface area contributed by atoms with Crippen molar-refractivity contribution in [3.05, 3.63) is 163 Å². The van der Waals surface area contributed by atoms with Crippen molar-refractivity contribution in [3.63, 3.8) is 0 Å². The Kier molecular flexibility index (Phi) is 7.20. The number of aliphatic imine (C=N–C) groups is 1. The number of rotatable bonds is 8. The maximum Gasteiger partial charge on any atom is 0.192 e. The van der Waals surface area contributed by atoms with E-state index in [1.807, 2.05) is 0 Å². The summed E-state index contributed by atoms with van der Waals surface area (Å²) in [5.41, 5.74) is 3.52. The summed E-state index contributed by atoms with van der Waals surface area (Å²) in [5.74, 6) is 1.88. The molecule has 1 aliphatic carbocycles. The number of benzene rings is 4. The summed E-state index contributed by atoms with van der Waals surface area (Å²) in [7, 11) is -0.734. The van der Waals surface area contributed by atoms with E-state index in [4.69, 9.17) is 9.73 Å². The van der Waals surface area contributed by atoms with Gasteiger partial charge < -0.3 is 4.74 Å². The highest BCUT2D eigenvalue weighted by atomic mass is 31.1. The predicted octanol–water partition coefficient (Wildman–Crippen LogP) is 6.51. The van der Waals surface area contributed by atoms with Crippen LogP contribution in [0.4, 0.5) is 0 Å². The third-order valence-corrected chi connectivity index (χ3v) is 9.36. The average molecular weight is 499 g/mol. The van der Waals surface area contributed by atoms with Crippen LogP contribution in [0.15, 0.2) is 126 Å². The van der Waals surface area contributed by atoms with E-state index in [-0.39, 0.29) is 5.54 Å². The van der Waals surface area contributed by atoms with E-state index >= 15 is 0 Å². The van der Waals surface area contributed by atoms with Crippen molar-refractivity contribution in [3.8, 4) is 0 Å². The van der Waals surface area contributed by atoms with Crippen molar-refractivity contribution in [2.45, 2.75) is 18.4 Å². The quantitative estimate of drug-likeness (QED) is 0.254. The highest BCUT2D eigenvalue weighted by Gasteiger charge is 2.46. The molecule has 2 nitrogen and oxygen atoms in total. The maximum atomic E-state index is 6.48. The molecule has 1 heterocycles. The lowest BCUT2D eigenvalue weighted by Crippen LogP contribution is -2.34. The second-order valence-corrected chi connectivity index (χ2v) is 11.8. The van der Waals surface area contributed by atoms with Crippen molar-refractivity contribution >= 4 is 24.4 Å². The van der Waals surface area contributed by atoms with Crippen molar-refractivity contribution in [2.75, 3.05) is 6.61 Å². The Bertz CT molecular complexity index is 1230. The van der Waals surface area contributed by atoms with Crippen LogP contribution in [0.25, 0.3) is 0 Å². The number of hydrogen-bond acceptors (Lipinski definition) is 2. The SMILES string of the molecule is [CH]1[CH][C](C2=NC(Cc3ccccc3)(Cc3ccccc3)CO2)[C](P(c2ccccc2)c2ccccc2)[CH]1. The lowest BCUT2D eigenvalue weighted by molar-refractivity contribution is 0.250. The Morgan fingerprint density at radius 3 is 1.62 bits per heavy atom. The molecule has 0 aromatic heterocycles. The Morgan fingerprint density at radius 2 is 1.11 bits per heavy atom. The fourth-order valence-corrected chi connectivity index (χ4v) is 7.63. The van der Waals surface area contributed by atoms with Crippen molar-refractivity contribution in [1.29, 1.82) is 0 Å². The van der Waals surface area contributed by atoms with Gasteiger partial charge in [0.2, 0.25) is 0 Å². The van der Waals surface area contributed by atoms with E-state index < -0.39 is 7.92 Å². The second-order valence-electron chi connectivity index (χ2n) is 9.59. The Balaban J connectivity index is 1.35. The molecule has 1 saturated carbocycles. The van der Waals surface area contributed by atoms with Crippen LogP contribution in [0.3, 0.4) is 0 Å². The average Bonchev–Trinajstić information content (AvgIpc) is 3.59. The van der Waals surface area contributed by atoms with Gasteiger partial charge in [0.25, 0.3) is 0 Å². The highest BCUT2D eigenvalue weighted by molar-refractivity contribution is 7.76. The van der Waals surface area contributed by atoms with E-state index in [1.165, 1.54) is 27.4 Å². The Morgan fingerprint density at radius 1 is 0.622 bits per heavy atom. The van der Waals surface area contributed by atoms with Crippen LogP contribution in [0.2, 0.25) is 0 Å². The van der Waals surface area contributed by atoms with Crippen LogP contribution in [-0.4, -0.2) is 18.0 Å². The summed E-state index contributed by atoms with van der Waals surface area (Å²) in [6, 6.07) is 43.0. The molecule has 0 amide bonds. The van der Waals surface area contributed by atoms with Crippen molar-refractivity contribution < 1.29 is 4.74 Å². The van der Waals surface area contributed by atoms with Gasteiger partial charge in [-0.15, -0.1) is 0 Å². The van der Waals surface area contributed by atoms with Gasteiger partial charge in [0.15, 0.2) is 5.90 Å². The van der Waals surface area contributed by atoms with Crippen molar-refractivity contribution in [1.82, 2.24) is 0 Å². The normalized spacial score (nSPS) is 17.6. The molecule has 1 fully saturated rings. The third kappa shape index (κ3) is 5.41. The number of ether oxygens (including phenoxy) is 1. The van der Waals surface area contributed by atoms with Gasteiger partial charge in [-0.25, -0.2) is 4.99 Å². The molecule has 4 aromatic carbocycles. The minimum atomic E-state index is -0.734. The van der Waals surface area contributed by atoms with E-state index in [1.54, 1.807) is 0 Å². The van der Waals surface area contributed by atoms with Gasteiger partial charge in [0.05, 0.1) is 5.92 Å². The second kappa shape index (κ2) is 11.0. The summed E-state index contributed by atoms with van der Waals surface area (Å²) in [6.45, 7) is 0.575. The summed E-state index contributed by atoms with van der Waals surface area (Å²) in [4.78, 5) is 5.39. The van der Waals surface area contributed by atoms with Crippen LogP contribution in [0, 0.1) is 30.8 Å². The zero-order valence-corrected chi connectivity index (χ0v) is 21.6. The Labute approximate surface area is 222 Å². The topological polar surface area (TPSA) is 21.6 Å². The molecule has 2 aliphatic rings. The van der Waals surface area contributed by atoms with Crippen LogP contribution in [0.1, 0.15) is 11.1 Å². The van der Waals surface area contributed by atoms with Crippen LogP contribution >= 0.6 is 7.92 Å². The van der Waals surface area contributed by atoms with Crippen molar-refractivity contribution in [2.24, 2.45) is 4.99 Å². The number of nitrogens with zero attached hydrogens (tertiary/aromatic N) is 1. The molecule has 0 N–H and O–H groups in total. The van der Waals surface area contributed by atoms with Gasteiger partial charge in [-0.1, -0.05) is 121 Å². The van der Waals surface area contributed by atoms with Gasteiger partial charge in [-0.3, -0.25) is 0 Å². The molecule has 0 atom stereocenters. The minimum absolute atomic E-state index is 0.338. The summed E-state index contributed by atoms with van der Waals surface area (Å²) < 4.78 is 6.48. The monoisotopic (exact) mass is 498 g/mol.